The van der Waals surface area contributed by atoms with Gasteiger partial charge in [0.2, 0.25) is 0 Å². The Morgan fingerprint density at radius 2 is 1.93 bits per heavy atom. The van der Waals surface area contributed by atoms with Crippen molar-refractivity contribution in [2.24, 2.45) is 0 Å². The van der Waals surface area contributed by atoms with Crippen molar-refractivity contribution in [1.29, 1.82) is 0 Å². The molecule has 1 N–H and O–H groups in total. The molecule has 0 amide bonds. The van der Waals surface area contributed by atoms with E-state index in [0.29, 0.717) is 0 Å². The minimum Gasteiger partial charge on any atom is -0.545 e. The molecule has 0 aromatic heterocycles. The van der Waals surface area contributed by atoms with Crippen LogP contribution in [0.3, 0.4) is 0 Å². The summed E-state index contributed by atoms with van der Waals surface area (Å²) >= 11 is 0. The fourth-order valence-corrected chi connectivity index (χ4v) is 1.19. The smallest absolute Gasteiger partial charge is 0.446 e. The number of carboxylic acid groups (broad SMARTS) is 1. The highest BCUT2D eigenvalue weighted by molar-refractivity contribution is 7.81. The van der Waals surface area contributed by atoms with Crippen LogP contribution < -0.4 is 9.29 Å². The van der Waals surface area contributed by atoms with E-state index in [1.165, 1.54) is 12.1 Å². The van der Waals surface area contributed by atoms with Gasteiger partial charge in [-0.05, 0) is 12.1 Å². The molecule has 0 aliphatic rings. The molecular weight excluding hydrogens is 212 g/mol. The number of carbonyl (C=O) groups excluding carboxylic acids is 1. The van der Waals surface area contributed by atoms with Gasteiger partial charge < -0.3 is 14.1 Å². The molecule has 0 aliphatic heterocycles. The van der Waals surface area contributed by atoms with Gasteiger partial charge >= 0.3 is 10.4 Å². The Labute approximate surface area is 79.7 Å². The Kier molecular flexibility index (Phi) is 2.73. The highest BCUT2D eigenvalue weighted by Gasteiger charge is 2.11. The lowest BCUT2D eigenvalue weighted by atomic mass is 10.2. The molecule has 0 radical (unpaired) electrons. The summed E-state index contributed by atoms with van der Waals surface area (Å²) in [6, 6.07) is 4.89. The molecule has 0 spiro atoms. The van der Waals surface area contributed by atoms with Crippen LogP contribution in [0.2, 0.25) is 0 Å². The van der Waals surface area contributed by atoms with Gasteiger partial charge in [0.15, 0.2) is 5.75 Å². The van der Waals surface area contributed by atoms with Gasteiger partial charge in [0.25, 0.3) is 0 Å². The molecule has 0 fully saturated rings. The van der Waals surface area contributed by atoms with E-state index in [0.717, 1.165) is 12.1 Å². The number of hydrogen-bond acceptors (Lipinski definition) is 5. The lowest BCUT2D eigenvalue weighted by Gasteiger charge is -2.08. The average molecular weight is 217 g/mol. The van der Waals surface area contributed by atoms with Gasteiger partial charge in [0.1, 0.15) is 0 Å². The molecule has 1 aromatic rings. The van der Waals surface area contributed by atoms with Crippen LogP contribution in [0.15, 0.2) is 24.3 Å². The van der Waals surface area contributed by atoms with Crippen molar-refractivity contribution in [3.63, 3.8) is 0 Å². The summed E-state index contributed by atoms with van der Waals surface area (Å²) in [6.07, 6.45) is 0. The van der Waals surface area contributed by atoms with E-state index in [-0.39, 0.29) is 0 Å². The van der Waals surface area contributed by atoms with Gasteiger partial charge in [-0.1, -0.05) is 12.1 Å². The number of rotatable bonds is 3. The molecule has 0 saturated heterocycles. The maximum Gasteiger partial charge on any atom is 0.446 e. The van der Waals surface area contributed by atoms with Crippen LogP contribution in [0.1, 0.15) is 10.4 Å². The molecular formula is C7H5O6S-. The van der Waals surface area contributed by atoms with Gasteiger partial charge in [-0.2, -0.15) is 8.42 Å². The maximum absolute atomic E-state index is 10.4. The van der Waals surface area contributed by atoms with E-state index in [4.69, 9.17) is 4.55 Å². The minimum atomic E-state index is -4.72. The van der Waals surface area contributed by atoms with Crippen molar-refractivity contribution >= 4 is 16.4 Å². The van der Waals surface area contributed by atoms with E-state index < -0.39 is 27.7 Å². The molecule has 0 unspecified atom stereocenters. The molecule has 7 heteroatoms. The fourth-order valence-electron chi connectivity index (χ4n) is 0.821. The lowest BCUT2D eigenvalue weighted by Crippen LogP contribution is -2.23. The van der Waals surface area contributed by atoms with Gasteiger partial charge in [0, 0.05) is 5.56 Å². The van der Waals surface area contributed by atoms with Gasteiger partial charge in [-0.3, -0.25) is 4.55 Å². The zero-order valence-corrected chi connectivity index (χ0v) is 7.52. The van der Waals surface area contributed by atoms with E-state index >= 15 is 0 Å². The standard InChI is InChI=1S/C7H6O6S/c8-7(9)5-3-1-2-4-6(5)13-14(10,11)12/h1-4H,(H,8,9)(H,10,11,12)/p-1. The van der Waals surface area contributed by atoms with Crippen LogP contribution in [0, 0.1) is 0 Å². The molecule has 0 atom stereocenters. The van der Waals surface area contributed by atoms with Crippen LogP contribution in [0.5, 0.6) is 5.75 Å². The Bertz CT molecular complexity index is 449. The largest absolute Gasteiger partial charge is 0.545 e. The maximum atomic E-state index is 10.4. The first kappa shape index (κ1) is 10.5. The summed E-state index contributed by atoms with van der Waals surface area (Å²) in [5, 5.41) is 10.4. The third kappa shape index (κ3) is 2.71. The SMILES string of the molecule is O=C([O-])c1ccccc1OS(=O)(=O)O. The van der Waals surface area contributed by atoms with Crippen LogP contribution in [0.4, 0.5) is 0 Å². The van der Waals surface area contributed by atoms with Gasteiger partial charge in [-0.25, -0.2) is 0 Å². The summed E-state index contributed by atoms with van der Waals surface area (Å²) in [7, 11) is -4.72. The first-order valence-electron chi connectivity index (χ1n) is 3.37. The van der Waals surface area contributed by atoms with Crippen molar-refractivity contribution in [2.75, 3.05) is 0 Å². The second-order valence-electron chi connectivity index (χ2n) is 2.29. The molecule has 14 heavy (non-hydrogen) atoms. The van der Waals surface area contributed by atoms with Gasteiger partial charge in [0.05, 0.1) is 5.97 Å². The quantitative estimate of drug-likeness (QED) is 0.667. The summed E-state index contributed by atoms with van der Waals surface area (Å²) < 4.78 is 32.9. The summed E-state index contributed by atoms with van der Waals surface area (Å²) in [5.74, 6) is -2.08. The van der Waals surface area contributed by atoms with Crippen LogP contribution in [0.25, 0.3) is 0 Å². The van der Waals surface area contributed by atoms with Crippen molar-refractivity contribution in [3.8, 4) is 5.75 Å². The first-order valence-corrected chi connectivity index (χ1v) is 4.74. The zero-order chi connectivity index (χ0) is 10.8. The number of aromatic carboxylic acids is 1. The van der Waals surface area contributed by atoms with Crippen LogP contribution >= 0.6 is 0 Å². The predicted octanol–water partition coefficient (Wildman–Crippen LogP) is -0.768. The van der Waals surface area contributed by atoms with Crippen molar-refractivity contribution in [2.45, 2.75) is 0 Å². The highest BCUT2D eigenvalue weighted by Crippen LogP contribution is 2.18. The molecule has 0 bridgehead atoms. The highest BCUT2D eigenvalue weighted by atomic mass is 32.3. The van der Waals surface area contributed by atoms with E-state index in [9.17, 15) is 18.3 Å². The molecule has 0 saturated carbocycles. The lowest BCUT2D eigenvalue weighted by molar-refractivity contribution is -0.255. The molecule has 76 valence electrons. The topological polar surface area (TPSA) is 104 Å². The molecule has 1 aromatic carbocycles. The number of hydrogen-bond donors (Lipinski definition) is 1. The predicted molar refractivity (Wildman–Crippen MR) is 42.9 cm³/mol. The van der Waals surface area contributed by atoms with Crippen molar-refractivity contribution in [1.82, 2.24) is 0 Å². The Balaban J connectivity index is 3.15. The number of benzene rings is 1. The number of carbonyl (C=O) groups is 1. The molecule has 1 rings (SSSR count). The Morgan fingerprint density at radius 3 is 2.43 bits per heavy atom. The summed E-state index contributed by atoms with van der Waals surface area (Å²) in [4.78, 5) is 10.4. The Morgan fingerprint density at radius 1 is 1.36 bits per heavy atom. The van der Waals surface area contributed by atoms with Crippen molar-refractivity contribution in [3.05, 3.63) is 29.8 Å². The van der Waals surface area contributed by atoms with E-state index in [1.54, 1.807) is 0 Å². The van der Waals surface area contributed by atoms with Crippen molar-refractivity contribution < 1.29 is 27.1 Å². The molecule has 0 aliphatic carbocycles. The van der Waals surface area contributed by atoms with E-state index in [1.807, 2.05) is 0 Å². The summed E-state index contributed by atoms with van der Waals surface area (Å²) in [6.45, 7) is 0. The molecule has 0 heterocycles. The molecule has 6 nitrogen and oxygen atoms in total. The second-order valence-corrected chi connectivity index (χ2v) is 3.32. The summed E-state index contributed by atoms with van der Waals surface area (Å²) in [5.41, 5.74) is -0.454. The third-order valence-electron chi connectivity index (χ3n) is 1.30. The number of para-hydroxylation sites is 1. The number of carboxylic acids is 1. The third-order valence-corrected chi connectivity index (χ3v) is 1.69. The van der Waals surface area contributed by atoms with Crippen LogP contribution in [-0.2, 0) is 10.4 Å². The fraction of sp³-hybridized carbons (Fsp3) is 0. The van der Waals surface area contributed by atoms with Gasteiger partial charge in [-0.15, -0.1) is 0 Å². The zero-order valence-electron chi connectivity index (χ0n) is 6.71. The monoisotopic (exact) mass is 217 g/mol. The normalized spacial score (nSPS) is 10.9. The van der Waals surface area contributed by atoms with E-state index in [2.05, 4.69) is 4.18 Å². The minimum absolute atomic E-state index is 0.454. The Hall–Kier alpha value is -1.60. The second kappa shape index (κ2) is 3.64. The van der Waals surface area contributed by atoms with Crippen LogP contribution in [-0.4, -0.2) is 18.9 Å². The first-order chi connectivity index (χ1) is 6.40. The average Bonchev–Trinajstić information content (AvgIpc) is 2.01.